The maximum Gasteiger partial charge on any atom is 0.223 e. The van der Waals surface area contributed by atoms with Crippen LogP contribution in [0.5, 0.6) is 5.75 Å². The van der Waals surface area contributed by atoms with E-state index in [0.717, 1.165) is 31.8 Å². The average molecular weight is 278 g/mol. The van der Waals surface area contributed by atoms with Crippen LogP contribution < -0.4 is 15.8 Å². The summed E-state index contributed by atoms with van der Waals surface area (Å²) in [5.74, 6) is 1.20. The summed E-state index contributed by atoms with van der Waals surface area (Å²) in [5, 5.41) is 2.93. The molecule has 1 aliphatic rings. The highest BCUT2D eigenvalue weighted by Gasteiger charge is 2.14. The van der Waals surface area contributed by atoms with Crippen molar-refractivity contribution in [1.82, 2.24) is 5.32 Å². The lowest BCUT2D eigenvalue weighted by atomic mass is 10.0. The molecule has 3 N–H and O–H groups in total. The molecule has 0 radical (unpaired) electrons. The summed E-state index contributed by atoms with van der Waals surface area (Å²) in [6, 6.07) is 7.15. The van der Waals surface area contributed by atoms with Crippen molar-refractivity contribution in [2.24, 2.45) is 5.92 Å². The summed E-state index contributed by atoms with van der Waals surface area (Å²) in [4.78, 5) is 11.7. The number of hydrogen-bond acceptors (Lipinski definition) is 4. The van der Waals surface area contributed by atoms with Crippen LogP contribution in [-0.2, 0) is 9.53 Å². The lowest BCUT2D eigenvalue weighted by molar-refractivity contribution is -0.122. The van der Waals surface area contributed by atoms with Gasteiger partial charge in [0.25, 0.3) is 0 Å². The fourth-order valence-electron chi connectivity index (χ4n) is 2.14. The molecule has 0 aromatic heterocycles. The largest absolute Gasteiger partial charge is 0.493 e. The molecule has 2 rings (SSSR count). The van der Waals surface area contributed by atoms with Gasteiger partial charge in [0.1, 0.15) is 5.75 Å². The molecule has 1 saturated heterocycles. The topological polar surface area (TPSA) is 73.6 Å². The number of carbonyl (C=O) groups is 1. The number of nitrogen functional groups attached to an aromatic ring is 1. The third-order valence-electron chi connectivity index (χ3n) is 3.32. The molecule has 0 saturated carbocycles. The van der Waals surface area contributed by atoms with Crippen LogP contribution in [0.4, 0.5) is 5.69 Å². The second-order valence-electron chi connectivity index (χ2n) is 5.05. The van der Waals surface area contributed by atoms with E-state index in [-0.39, 0.29) is 5.91 Å². The fraction of sp³-hybridized carbons (Fsp3) is 0.533. The standard InChI is InChI=1S/C15H22N2O3/c16-13-3-5-14(6-4-13)20-9-7-15(18)17-10-12-2-1-8-19-11-12/h3-6,12H,1-2,7-11,16H2,(H,17,18). The van der Waals surface area contributed by atoms with Crippen molar-refractivity contribution in [1.29, 1.82) is 0 Å². The highest BCUT2D eigenvalue weighted by Crippen LogP contribution is 2.13. The van der Waals surface area contributed by atoms with Crippen molar-refractivity contribution in [3.8, 4) is 5.75 Å². The summed E-state index contributed by atoms with van der Waals surface area (Å²) >= 11 is 0. The summed E-state index contributed by atoms with van der Waals surface area (Å²) in [6.07, 6.45) is 2.57. The van der Waals surface area contributed by atoms with Gasteiger partial charge in [-0.05, 0) is 43.0 Å². The van der Waals surface area contributed by atoms with E-state index in [1.807, 2.05) is 0 Å². The van der Waals surface area contributed by atoms with E-state index >= 15 is 0 Å². The van der Waals surface area contributed by atoms with E-state index in [0.29, 0.717) is 31.2 Å². The SMILES string of the molecule is Nc1ccc(OCCC(=O)NCC2CCCOC2)cc1. The van der Waals surface area contributed by atoms with Gasteiger partial charge in [-0.25, -0.2) is 0 Å². The van der Waals surface area contributed by atoms with Gasteiger partial charge >= 0.3 is 0 Å². The minimum Gasteiger partial charge on any atom is -0.493 e. The van der Waals surface area contributed by atoms with E-state index in [1.54, 1.807) is 24.3 Å². The molecule has 1 aromatic carbocycles. The van der Waals surface area contributed by atoms with Gasteiger partial charge in [-0.3, -0.25) is 4.79 Å². The second kappa shape index (κ2) is 7.75. The highest BCUT2D eigenvalue weighted by atomic mass is 16.5. The smallest absolute Gasteiger partial charge is 0.223 e. The van der Waals surface area contributed by atoms with Crippen molar-refractivity contribution >= 4 is 11.6 Å². The van der Waals surface area contributed by atoms with Gasteiger partial charge in [0.15, 0.2) is 0 Å². The molecule has 110 valence electrons. The van der Waals surface area contributed by atoms with E-state index in [4.69, 9.17) is 15.2 Å². The molecule has 0 spiro atoms. The molecule has 5 heteroatoms. The zero-order valence-corrected chi connectivity index (χ0v) is 11.6. The van der Waals surface area contributed by atoms with E-state index < -0.39 is 0 Å². The second-order valence-corrected chi connectivity index (χ2v) is 5.05. The van der Waals surface area contributed by atoms with Crippen LogP contribution in [0.1, 0.15) is 19.3 Å². The maximum absolute atomic E-state index is 11.7. The molecular weight excluding hydrogens is 256 g/mol. The van der Waals surface area contributed by atoms with Crippen LogP contribution in [0.25, 0.3) is 0 Å². The highest BCUT2D eigenvalue weighted by molar-refractivity contribution is 5.75. The number of anilines is 1. The Morgan fingerprint density at radius 2 is 2.20 bits per heavy atom. The Labute approximate surface area is 119 Å². The molecule has 0 aliphatic carbocycles. The molecule has 0 bridgehead atoms. The first kappa shape index (κ1) is 14.7. The van der Waals surface area contributed by atoms with Crippen LogP contribution in [0, 0.1) is 5.92 Å². The van der Waals surface area contributed by atoms with Crippen molar-refractivity contribution in [2.45, 2.75) is 19.3 Å². The van der Waals surface area contributed by atoms with Crippen molar-refractivity contribution in [2.75, 3.05) is 32.1 Å². The van der Waals surface area contributed by atoms with Gasteiger partial charge in [-0.1, -0.05) is 0 Å². The number of hydrogen-bond donors (Lipinski definition) is 2. The number of ether oxygens (including phenoxy) is 2. The Morgan fingerprint density at radius 3 is 2.90 bits per heavy atom. The van der Waals surface area contributed by atoms with Crippen LogP contribution >= 0.6 is 0 Å². The Kier molecular flexibility index (Phi) is 5.68. The van der Waals surface area contributed by atoms with Crippen LogP contribution in [0.15, 0.2) is 24.3 Å². The first-order chi connectivity index (χ1) is 9.74. The molecule has 5 nitrogen and oxygen atoms in total. The quantitative estimate of drug-likeness (QED) is 0.775. The number of amides is 1. The van der Waals surface area contributed by atoms with Crippen LogP contribution in [-0.4, -0.2) is 32.3 Å². The number of carbonyl (C=O) groups excluding carboxylic acids is 1. The van der Waals surface area contributed by atoms with Gasteiger partial charge in [0, 0.05) is 18.8 Å². The number of nitrogens with one attached hydrogen (secondary N) is 1. The number of rotatable bonds is 6. The van der Waals surface area contributed by atoms with Crippen molar-refractivity contribution in [3.05, 3.63) is 24.3 Å². The zero-order valence-electron chi connectivity index (χ0n) is 11.6. The summed E-state index contributed by atoms with van der Waals surface area (Å²) in [7, 11) is 0. The summed E-state index contributed by atoms with van der Waals surface area (Å²) in [5.41, 5.74) is 6.28. The molecule has 1 fully saturated rings. The van der Waals surface area contributed by atoms with Gasteiger partial charge in [-0.2, -0.15) is 0 Å². The van der Waals surface area contributed by atoms with Gasteiger partial charge in [0.05, 0.1) is 19.6 Å². The van der Waals surface area contributed by atoms with E-state index in [1.165, 1.54) is 0 Å². The molecule has 20 heavy (non-hydrogen) atoms. The Hall–Kier alpha value is -1.75. The lowest BCUT2D eigenvalue weighted by Crippen LogP contribution is -2.33. The van der Waals surface area contributed by atoms with Gasteiger partial charge in [-0.15, -0.1) is 0 Å². The molecule has 1 heterocycles. The van der Waals surface area contributed by atoms with Crippen molar-refractivity contribution < 1.29 is 14.3 Å². The Bertz CT molecular complexity index is 414. The van der Waals surface area contributed by atoms with E-state index in [2.05, 4.69) is 5.32 Å². The average Bonchev–Trinajstić information content (AvgIpc) is 2.48. The van der Waals surface area contributed by atoms with Gasteiger partial charge in [0.2, 0.25) is 5.91 Å². The Morgan fingerprint density at radius 1 is 1.40 bits per heavy atom. The predicted molar refractivity (Wildman–Crippen MR) is 77.5 cm³/mol. The first-order valence-electron chi connectivity index (χ1n) is 7.07. The minimum absolute atomic E-state index is 0.0195. The third kappa shape index (κ3) is 5.09. The molecule has 1 amide bonds. The normalized spacial score (nSPS) is 18.5. The first-order valence-corrected chi connectivity index (χ1v) is 7.07. The minimum atomic E-state index is 0.0195. The van der Waals surface area contributed by atoms with Crippen molar-refractivity contribution in [3.63, 3.8) is 0 Å². The van der Waals surface area contributed by atoms with Crippen LogP contribution in [0.2, 0.25) is 0 Å². The fourth-order valence-corrected chi connectivity index (χ4v) is 2.14. The lowest BCUT2D eigenvalue weighted by Gasteiger charge is -2.22. The van der Waals surface area contributed by atoms with Crippen LogP contribution in [0.3, 0.4) is 0 Å². The maximum atomic E-state index is 11.7. The molecule has 1 atom stereocenters. The number of nitrogens with two attached hydrogens (primary N) is 1. The summed E-state index contributed by atoms with van der Waals surface area (Å²) in [6.45, 7) is 2.67. The summed E-state index contributed by atoms with van der Waals surface area (Å²) < 4.78 is 10.9. The van der Waals surface area contributed by atoms with Gasteiger partial charge < -0.3 is 20.5 Å². The molecular formula is C15H22N2O3. The number of benzene rings is 1. The van der Waals surface area contributed by atoms with E-state index in [9.17, 15) is 4.79 Å². The zero-order chi connectivity index (χ0) is 14.2. The predicted octanol–water partition coefficient (Wildman–Crippen LogP) is 1.58. The third-order valence-corrected chi connectivity index (χ3v) is 3.32. The Balaban J connectivity index is 1.58. The molecule has 1 aliphatic heterocycles. The molecule has 1 aromatic rings. The molecule has 1 unspecified atom stereocenters. The monoisotopic (exact) mass is 278 g/mol.